The first-order chi connectivity index (χ1) is 8.58. The monoisotopic (exact) mass is 248 g/mol. The van der Waals surface area contributed by atoms with Gasteiger partial charge in [0.15, 0.2) is 0 Å². The number of para-hydroxylation sites is 1. The highest BCUT2D eigenvalue weighted by Gasteiger charge is 2.29. The van der Waals surface area contributed by atoms with E-state index in [4.69, 9.17) is 5.73 Å². The molecule has 1 aromatic carbocycles. The van der Waals surface area contributed by atoms with Crippen LogP contribution in [0.25, 0.3) is 0 Å². The molecule has 2 rings (SSSR count). The van der Waals surface area contributed by atoms with Gasteiger partial charge in [0.25, 0.3) is 0 Å². The van der Waals surface area contributed by atoms with Crippen LogP contribution in [0, 0.1) is 5.92 Å². The van der Waals surface area contributed by atoms with Crippen LogP contribution in [0.15, 0.2) is 24.3 Å². The molecule has 96 valence electrons. The van der Waals surface area contributed by atoms with E-state index in [2.05, 4.69) is 0 Å². The van der Waals surface area contributed by atoms with E-state index < -0.39 is 0 Å². The molecule has 5 nitrogen and oxygen atoms in total. The van der Waals surface area contributed by atoms with E-state index >= 15 is 0 Å². The second-order valence-electron chi connectivity index (χ2n) is 4.53. The van der Waals surface area contributed by atoms with Gasteiger partial charge < -0.3 is 15.7 Å². The van der Waals surface area contributed by atoms with Crippen LogP contribution in [0.4, 0.5) is 0 Å². The first-order valence-corrected chi connectivity index (χ1v) is 5.92. The summed E-state index contributed by atoms with van der Waals surface area (Å²) in [6.45, 7) is 0.946. The van der Waals surface area contributed by atoms with E-state index in [0.717, 1.165) is 0 Å². The van der Waals surface area contributed by atoms with Gasteiger partial charge in [-0.1, -0.05) is 18.2 Å². The van der Waals surface area contributed by atoms with Crippen LogP contribution >= 0.6 is 0 Å². The molecule has 0 bridgehead atoms. The van der Waals surface area contributed by atoms with Gasteiger partial charge in [-0.25, -0.2) is 0 Å². The number of hydrogen-bond donors (Lipinski definition) is 2. The van der Waals surface area contributed by atoms with E-state index in [9.17, 15) is 14.7 Å². The Kier molecular flexibility index (Phi) is 3.50. The minimum atomic E-state index is -0.354. The molecule has 1 aromatic rings. The van der Waals surface area contributed by atoms with Crippen molar-refractivity contribution in [2.45, 2.75) is 12.8 Å². The van der Waals surface area contributed by atoms with Crippen LogP contribution in [0.5, 0.6) is 5.75 Å². The number of carbonyl (C=O) groups excluding carboxylic acids is 2. The van der Waals surface area contributed by atoms with Crippen molar-refractivity contribution in [2.24, 2.45) is 11.7 Å². The first kappa shape index (κ1) is 12.4. The number of carbonyl (C=O) groups is 2. The predicted molar refractivity (Wildman–Crippen MR) is 65.7 cm³/mol. The van der Waals surface area contributed by atoms with Crippen molar-refractivity contribution < 1.29 is 14.7 Å². The molecule has 0 spiro atoms. The van der Waals surface area contributed by atoms with Crippen molar-refractivity contribution in [2.75, 3.05) is 13.1 Å². The Balaban J connectivity index is 1.98. The minimum Gasteiger partial charge on any atom is -0.508 e. The van der Waals surface area contributed by atoms with Gasteiger partial charge in [-0.05, 0) is 12.5 Å². The number of phenols is 1. The molecule has 1 unspecified atom stereocenters. The van der Waals surface area contributed by atoms with E-state index in [1.165, 1.54) is 0 Å². The summed E-state index contributed by atoms with van der Waals surface area (Å²) in [4.78, 5) is 24.7. The third kappa shape index (κ3) is 2.61. The average molecular weight is 248 g/mol. The topological polar surface area (TPSA) is 83.6 Å². The van der Waals surface area contributed by atoms with Gasteiger partial charge in [-0.2, -0.15) is 0 Å². The maximum Gasteiger partial charge on any atom is 0.227 e. The fourth-order valence-electron chi connectivity index (χ4n) is 2.15. The number of nitrogens with zero attached hydrogens (tertiary/aromatic N) is 1. The average Bonchev–Trinajstić information content (AvgIpc) is 2.81. The van der Waals surface area contributed by atoms with Gasteiger partial charge in [0.1, 0.15) is 5.75 Å². The Hall–Kier alpha value is -2.04. The molecule has 3 N–H and O–H groups in total. The van der Waals surface area contributed by atoms with Crippen LogP contribution in [-0.4, -0.2) is 34.9 Å². The lowest BCUT2D eigenvalue weighted by atomic mass is 10.1. The SMILES string of the molecule is NC(=O)C1CCN(C(=O)Cc2ccccc2O)C1. The quantitative estimate of drug-likeness (QED) is 0.805. The number of primary amides is 1. The second-order valence-corrected chi connectivity index (χ2v) is 4.53. The molecule has 1 saturated heterocycles. The first-order valence-electron chi connectivity index (χ1n) is 5.92. The van der Waals surface area contributed by atoms with Crippen LogP contribution in [0.2, 0.25) is 0 Å². The highest BCUT2D eigenvalue weighted by Crippen LogP contribution is 2.20. The molecule has 18 heavy (non-hydrogen) atoms. The zero-order valence-electron chi connectivity index (χ0n) is 10.0. The van der Waals surface area contributed by atoms with Crippen LogP contribution in [0.1, 0.15) is 12.0 Å². The number of likely N-dealkylation sites (tertiary alicyclic amines) is 1. The minimum absolute atomic E-state index is 0.0831. The molecular formula is C13H16N2O3. The van der Waals surface area contributed by atoms with Gasteiger partial charge in [0, 0.05) is 18.7 Å². The standard InChI is InChI=1S/C13H16N2O3/c14-13(18)10-5-6-15(8-10)12(17)7-9-3-1-2-4-11(9)16/h1-4,10,16H,5-8H2,(H2,14,18). The smallest absolute Gasteiger partial charge is 0.227 e. The van der Waals surface area contributed by atoms with Gasteiger partial charge in [-0.15, -0.1) is 0 Å². The molecule has 0 aromatic heterocycles. The Morgan fingerprint density at radius 2 is 2.11 bits per heavy atom. The van der Waals surface area contributed by atoms with Crippen LogP contribution < -0.4 is 5.73 Å². The summed E-state index contributed by atoms with van der Waals surface area (Å²) in [7, 11) is 0. The Morgan fingerprint density at radius 3 is 2.72 bits per heavy atom. The van der Waals surface area contributed by atoms with Crippen molar-refractivity contribution >= 4 is 11.8 Å². The highest BCUT2D eigenvalue weighted by atomic mass is 16.3. The van der Waals surface area contributed by atoms with Crippen molar-refractivity contribution in [3.8, 4) is 5.75 Å². The summed E-state index contributed by atoms with van der Waals surface area (Å²) >= 11 is 0. The summed E-state index contributed by atoms with van der Waals surface area (Å²) < 4.78 is 0. The Bertz CT molecular complexity index is 473. The predicted octanol–water partition coefficient (Wildman–Crippen LogP) is 0.268. The molecule has 5 heteroatoms. The molecule has 1 aliphatic heterocycles. The molecule has 2 amide bonds. The maximum atomic E-state index is 12.0. The van der Waals surface area contributed by atoms with E-state index in [0.29, 0.717) is 25.1 Å². The number of hydrogen-bond acceptors (Lipinski definition) is 3. The van der Waals surface area contributed by atoms with Gasteiger partial charge >= 0.3 is 0 Å². The summed E-state index contributed by atoms with van der Waals surface area (Å²) in [6, 6.07) is 6.76. The molecule has 1 fully saturated rings. The zero-order valence-corrected chi connectivity index (χ0v) is 10.0. The van der Waals surface area contributed by atoms with E-state index in [1.54, 1.807) is 29.2 Å². The van der Waals surface area contributed by atoms with Crippen molar-refractivity contribution in [3.63, 3.8) is 0 Å². The number of phenolic OH excluding ortho intramolecular Hbond substituents is 1. The van der Waals surface area contributed by atoms with Crippen molar-refractivity contribution in [1.82, 2.24) is 4.90 Å². The Morgan fingerprint density at radius 1 is 1.39 bits per heavy atom. The summed E-state index contributed by atoms with van der Waals surface area (Å²) in [5.74, 6) is -0.553. The molecule has 1 aliphatic rings. The molecular weight excluding hydrogens is 232 g/mol. The lowest BCUT2D eigenvalue weighted by Crippen LogP contribution is -2.32. The molecule has 0 saturated carbocycles. The lowest BCUT2D eigenvalue weighted by Gasteiger charge is -2.16. The fraction of sp³-hybridized carbons (Fsp3) is 0.385. The number of amides is 2. The van der Waals surface area contributed by atoms with Crippen molar-refractivity contribution in [1.29, 1.82) is 0 Å². The second kappa shape index (κ2) is 5.08. The molecule has 0 aliphatic carbocycles. The van der Waals surface area contributed by atoms with E-state index in [1.807, 2.05) is 0 Å². The molecule has 1 heterocycles. The number of aromatic hydroxyl groups is 1. The summed E-state index contributed by atoms with van der Waals surface area (Å²) in [5.41, 5.74) is 5.82. The van der Waals surface area contributed by atoms with Gasteiger partial charge in [-0.3, -0.25) is 9.59 Å². The maximum absolute atomic E-state index is 12.0. The normalized spacial score (nSPS) is 18.9. The van der Waals surface area contributed by atoms with Crippen LogP contribution in [0.3, 0.4) is 0 Å². The molecule has 1 atom stereocenters. The summed E-state index contributed by atoms with van der Waals surface area (Å²) in [6.07, 6.45) is 0.778. The van der Waals surface area contributed by atoms with Gasteiger partial charge in [0.2, 0.25) is 11.8 Å². The number of rotatable bonds is 3. The highest BCUT2D eigenvalue weighted by molar-refractivity contribution is 5.82. The molecule has 0 radical (unpaired) electrons. The number of nitrogens with two attached hydrogens (primary N) is 1. The zero-order chi connectivity index (χ0) is 13.1. The van der Waals surface area contributed by atoms with Gasteiger partial charge in [0.05, 0.1) is 12.3 Å². The van der Waals surface area contributed by atoms with Crippen LogP contribution in [-0.2, 0) is 16.0 Å². The number of benzene rings is 1. The third-order valence-corrected chi connectivity index (χ3v) is 3.28. The van der Waals surface area contributed by atoms with Crippen molar-refractivity contribution in [3.05, 3.63) is 29.8 Å². The third-order valence-electron chi connectivity index (χ3n) is 3.28. The summed E-state index contributed by atoms with van der Waals surface area (Å²) in [5, 5.41) is 9.60. The fourth-order valence-corrected chi connectivity index (χ4v) is 2.15. The Labute approximate surface area is 105 Å². The van der Waals surface area contributed by atoms with E-state index in [-0.39, 0.29) is 29.9 Å². The lowest BCUT2D eigenvalue weighted by molar-refractivity contribution is -0.129. The largest absolute Gasteiger partial charge is 0.508 e.